The van der Waals surface area contributed by atoms with Crippen molar-refractivity contribution in [1.82, 2.24) is 30.2 Å². The van der Waals surface area contributed by atoms with Crippen molar-refractivity contribution in [2.75, 3.05) is 57.4 Å². The van der Waals surface area contributed by atoms with E-state index in [0.29, 0.717) is 31.9 Å². The number of nitrogens with two attached hydrogens (primary N) is 2. The van der Waals surface area contributed by atoms with E-state index in [0.717, 1.165) is 6.07 Å². The van der Waals surface area contributed by atoms with Gasteiger partial charge in [0.1, 0.15) is 9.79 Å². The van der Waals surface area contributed by atoms with E-state index in [1.54, 1.807) is 4.90 Å². The van der Waals surface area contributed by atoms with Crippen LogP contribution in [0.25, 0.3) is 11.4 Å². The summed E-state index contributed by atoms with van der Waals surface area (Å²) >= 11 is 0. The Morgan fingerprint density at radius 1 is 1.11 bits per heavy atom. The number of piperazine rings is 1. The first-order valence-electron chi connectivity index (χ1n) is 10.6. The van der Waals surface area contributed by atoms with Gasteiger partial charge in [0.05, 0.1) is 30.9 Å². The van der Waals surface area contributed by atoms with Gasteiger partial charge in [0, 0.05) is 45.0 Å². The molecule has 0 saturated carbocycles. The molecule has 0 bridgehead atoms. The number of hydrogen-bond acceptors (Lipinski definition) is 13. The van der Waals surface area contributed by atoms with E-state index < -0.39 is 48.5 Å². The van der Waals surface area contributed by atoms with Crippen LogP contribution in [-0.4, -0.2) is 122 Å². The number of aromatic nitrogens is 4. The van der Waals surface area contributed by atoms with Crippen LogP contribution >= 0.6 is 0 Å². The zero-order valence-electron chi connectivity index (χ0n) is 18.6. The Morgan fingerprint density at radius 3 is 2.29 bits per heavy atom. The average Bonchev–Trinajstić information content (AvgIpc) is 3.37. The lowest BCUT2D eigenvalue weighted by Crippen LogP contribution is -2.52. The van der Waals surface area contributed by atoms with Crippen LogP contribution in [0.3, 0.4) is 0 Å². The number of nitrogens with one attached hydrogen (secondary N) is 2. The number of aliphatic hydroxyl groups is 3. The number of anilines is 1. The fourth-order valence-corrected chi connectivity index (χ4v) is 6.45. The van der Waals surface area contributed by atoms with Gasteiger partial charge in [0.2, 0.25) is 25.9 Å². The van der Waals surface area contributed by atoms with Crippen molar-refractivity contribution in [3.63, 3.8) is 0 Å². The van der Waals surface area contributed by atoms with Crippen LogP contribution in [-0.2, 0) is 20.0 Å². The molecule has 0 amide bonds. The smallest absolute Gasteiger partial charge is 0.242 e. The SMILES string of the molecule is NC[C@@H](O)CNS(=O)(=O)c1ccc(N2CCN(C(CO)CO)CC2)c(-c2nn[nH]n2)c1S(N)(=O)=O. The number of sulfonamides is 2. The molecule has 3 rings (SSSR count). The molecule has 0 unspecified atom stereocenters. The molecule has 0 spiro atoms. The van der Waals surface area contributed by atoms with E-state index in [4.69, 9.17) is 10.9 Å². The molecule has 1 aromatic heterocycles. The van der Waals surface area contributed by atoms with Crippen LogP contribution in [0.5, 0.6) is 0 Å². The van der Waals surface area contributed by atoms with Crippen LogP contribution < -0.4 is 20.5 Å². The molecule has 196 valence electrons. The van der Waals surface area contributed by atoms with Gasteiger partial charge in [-0.25, -0.2) is 26.7 Å². The summed E-state index contributed by atoms with van der Waals surface area (Å²) in [6.45, 7) is 0.480. The highest BCUT2D eigenvalue weighted by atomic mass is 32.2. The standard InChI is InChI=1S/C17H29N9O7S2/c18-7-12(29)8-20-35(32,33)14-2-1-13(26-5-3-25(4-6-26)11(9-27)10-28)15(16(14)34(19,30)31)17-21-23-24-22-17/h1-2,11-12,20,27-29H,3-10,18H2,(H2,19,30,31)(H,21,22,23,24)/t12-/m1/s1. The first-order chi connectivity index (χ1) is 16.5. The third kappa shape index (κ3) is 6.11. The molecule has 0 radical (unpaired) electrons. The highest BCUT2D eigenvalue weighted by Crippen LogP contribution is 2.38. The molecule has 1 aliphatic rings. The predicted octanol–water partition coefficient (Wildman–Crippen LogP) is -4.41. The van der Waals surface area contributed by atoms with Gasteiger partial charge in [0.25, 0.3) is 0 Å². The molecule has 18 heteroatoms. The van der Waals surface area contributed by atoms with E-state index in [2.05, 4.69) is 25.3 Å². The second-order valence-corrected chi connectivity index (χ2v) is 11.1. The fourth-order valence-electron chi connectivity index (χ4n) is 3.78. The number of nitrogens with zero attached hydrogens (tertiary/aromatic N) is 5. The first-order valence-corrected chi connectivity index (χ1v) is 13.6. The lowest BCUT2D eigenvalue weighted by Gasteiger charge is -2.39. The van der Waals surface area contributed by atoms with Crippen LogP contribution in [0.2, 0.25) is 0 Å². The zero-order valence-corrected chi connectivity index (χ0v) is 20.3. The van der Waals surface area contributed by atoms with E-state index >= 15 is 0 Å². The van der Waals surface area contributed by atoms with Gasteiger partial charge in [-0.15, -0.1) is 10.2 Å². The monoisotopic (exact) mass is 535 g/mol. The molecule has 2 heterocycles. The van der Waals surface area contributed by atoms with Gasteiger partial charge in [0.15, 0.2) is 0 Å². The highest BCUT2D eigenvalue weighted by Gasteiger charge is 2.34. The van der Waals surface area contributed by atoms with Crippen molar-refractivity contribution in [3.05, 3.63) is 12.1 Å². The number of tetrazole rings is 1. The first kappa shape index (κ1) is 27.3. The van der Waals surface area contributed by atoms with E-state index in [9.17, 15) is 32.2 Å². The number of hydrogen-bond donors (Lipinski definition) is 7. The Bertz CT molecular complexity index is 1200. The topological polar surface area (TPSA) is 254 Å². The Morgan fingerprint density at radius 2 is 1.77 bits per heavy atom. The second kappa shape index (κ2) is 11.2. The van der Waals surface area contributed by atoms with Crippen molar-refractivity contribution in [3.8, 4) is 11.4 Å². The van der Waals surface area contributed by atoms with E-state index in [1.807, 2.05) is 4.90 Å². The number of primary sulfonamides is 1. The Hall–Kier alpha value is -2.29. The van der Waals surface area contributed by atoms with Crippen LogP contribution in [0.1, 0.15) is 0 Å². The average molecular weight is 536 g/mol. The summed E-state index contributed by atoms with van der Waals surface area (Å²) in [4.78, 5) is 2.31. The van der Waals surface area contributed by atoms with Gasteiger partial charge in [-0.3, -0.25) is 4.90 Å². The minimum Gasteiger partial charge on any atom is -0.395 e. The number of benzene rings is 1. The number of rotatable bonds is 11. The summed E-state index contributed by atoms with van der Waals surface area (Å²) in [6, 6.07) is 2.09. The minimum atomic E-state index is -4.64. The lowest BCUT2D eigenvalue weighted by atomic mass is 10.1. The molecule has 35 heavy (non-hydrogen) atoms. The maximum atomic E-state index is 13.0. The molecule has 16 nitrogen and oxygen atoms in total. The van der Waals surface area contributed by atoms with Crippen molar-refractivity contribution in [2.45, 2.75) is 21.9 Å². The summed E-state index contributed by atoms with van der Waals surface area (Å²) in [5, 5.41) is 47.4. The quantitative estimate of drug-likeness (QED) is 0.144. The summed E-state index contributed by atoms with van der Waals surface area (Å²) < 4.78 is 53.6. The number of aromatic amines is 1. The van der Waals surface area contributed by atoms with Crippen LogP contribution in [0, 0.1) is 0 Å². The Kier molecular flexibility index (Phi) is 8.72. The zero-order chi connectivity index (χ0) is 25.8. The highest BCUT2D eigenvalue weighted by molar-refractivity contribution is 7.92. The minimum absolute atomic E-state index is 0.155. The van der Waals surface area contributed by atoms with Crippen molar-refractivity contribution in [2.24, 2.45) is 10.9 Å². The normalized spacial score (nSPS) is 16.7. The molecule has 0 aliphatic carbocycles. The molecule has 1 saturated heterocycles. The molecule has 1 fully saturated rings. The lowest BCUT2D eigenvalue weighted by molar-refractivity contribution is 0.0700. The van der Waals surface area contributed by atoms with E-state index in [1.165, 1.54) is 6.07 Å². The molecule has 9 N–H and O–H groups in total. The third-order valence-electron chi connectivity index (χ3n) is 5.62. The van der Waals surface area contributed by atoms with Crippen LogP contribution in [0.4, 0.5) is 5.69 Å². The van der Waals surface area contributed by atoms with Crippen molar-refractivity contribution in [1.29, 1.82) is 0 Å². The van der Waals surface area contributed by atoms with Crippen molar-refractivity contribution >= 4 is 25.7 Å². The molecule has 1 atom stereocenters. The van der Waals surface area contributed by atoms with Gasteiger partial charge >= 0.3 is 0 Å². The van der Waals surface area contributed by atoms with E-state index in [-0.39, 0.29) is 31.1 Å². The molecule has 1 aromatic carbocycles. The predicted molar refractivity (Wildman–Crippen MR) is 123 cm³/mol. The molecule has 2 aromatic rings. The maximum absolute atomic E-state index is 13.0. The second-order valence-electron chi connectivity index (χ2n) is 7.85. The molecular weight excluding hydrogens is 506 g/mol. The summed E-state index contributed by atoms with van der Waals surface area (Å²) in [7, 11) is -9.10. The largest absolute Gasteiger partial charge is 0.395 e. The molecular formula is C17H29N9O7S2. The fraction of sp³-hybridized carbons (Fsp3) is 0.588. The maximum Gasteiger partial charge on any atom is 0.242 e. The van der Waals surface area contributed by atoms with Crippen molar-refractivity contribution < 1.29 is 32.2 Å². The van der Waals surface area contributed by atoms with Gasteiger partial charge in [-0.2, -0.15) is 5.21 Å². The Labute approximate surface area is 202 Å². The summed E-state index contributed by atoms with van der Waals surface area (Å²) in [6.07, 6.45) is -1.18. The molecule has 1 aliphatic heterocycles. The summed E-state index contributed by atoms with van der Waals surface area (Å²) in [5.41, 5.74) is 5.46. The van der Waals surface area contributed by atoms with Crippen LogP contribution in [0.15, 0.2) is 21.9 Å². The van der Waals surface area contributed by atoms with Gasteiger partial charge < -0.3 is 26.0 Å². The number of H-pyrrole nitrogens is 1. The third-order valence-corrected chi connectivity index (χ3v) is 8.20. The van der Waals surface area contributed by atoms with Gasteiger partial charge in [-0.1, -0.05) is 0 Å². The summed E-state index contributed by atoms with van der Waals surface area (Å²) in [5.74, 6) is -0.186. The van der Waals surface area contributed by atoms with Gasteiger partial charge in [-0.05, 0) is 17.3 Å². The Balaban J connectivity index is 2.11. The number of aliphatic hydroxyl groups excluding tert-OH is 3.